The molecule has 1 aliphatic carbocycles. The van der Waals surface area contributed by atoms with Crippen molar-refractivity contribution in [1.29, 1.82) is 0 Å². The van der Waals surface area contributed by atoms with Crippen LogP contribution in [-0.2, 0) is 16.2 Å². The molecule has 3 N–H and O–H groups in total. The van der Waals surface area contributed by atoms with Gasteiger partial charge in [-0.25, -0.2) is 0 Å². The summed E-state index contributed by atoms with van der Waals surface area (Å²) in [5.74, 6) is -1.19. The summed E-state index contributed by atoms with van der Waals surface area (Å²) in [4.78, 5) is 30.8. The lowest BCUT2D eigenvalue weighted by Gasteiger charge is -2.35. The van der Waals surface area contributed by atoms with E-state index in [1.54, 1.807) is 18.3 Å². The Kier molecular flexibility index (Phi) is 7.11. The molecule has 0 spiro atoms. The van der Waals surface area contributed by atoms with Gasteiger partial charge in [0.15, 0.2) is 0 Å². The lowest BCUT2D eigenvalue weighted by Crippen LogP contribution is -2.38. The van der Waals surface area contributed by atoms with Crippen molar-refractivity contribution in [3.8, 4) is 0 Å². The SMILES string of the molecule is CC1=C([C@H](O)CC/C(=C/c2ccc(CO)o2)c2ccccn2)[C@H](CO)[C@@H]2C(=O)N(C)C(=O)[C@@H]2C1. The van der Waals surface area contributed by atoms with Gasteiger partial charge < -0.3 is 19.7 Å². The Hall–Kier alpha value is -3.07. The van der Waals surface area contributed by atoms with Crippen LogP contribution in [0.25, 0.3) is 11.6 Å². The maximum Gasteiger partial charge on any atom is 0.233 e. The number of pyridine rings is 1. The van der Waals surface area contributed by atoms with Gasteiger partial charge in [-0.2, -0.15) is 0 Å². The monoisotopic (exact) mass is 466 g/mol. The van der Waals surface area contributed by atoms with Gasteiger partial charge in [0.25, 0.3) is 0 Å². The van der Waals surface area contributed by atoms with E-state index in [2.05, 4.69) is 4.98 Å². The summed E-state index contributed by atoms with van der Waals surface area (Å²) in [5, 5.41) is 30.6. The highest BCUT2D eigenvalue weighted by atomic mass is 16.4. The summed E-state index contributed by atoms with van der Waals surface area (Å²) in [5.41, 5.74) is 3.09. The van der Waals surface area contributed by atoms with Gasteiger partial charge in [-0.1, -0.05) is 11.6 Å². The van der Waals surface area contributed by atoms with Crippen LogP contribution in [0.3, 0.4) is 0 Å². The van der Waals surface area contributed by atoms with Crippen molar-refractivity contribution in [2.45, 2.75) is 38.9 Å². The summed E-state index contributed by atoms with van der Waals surface area (Å²) in [6.07, 6.45) is 3.85. The normalized spacial score (nSPS) is 24.1. The summed E-state index contributed by atoms with van der Waals surface area (Å²) in [6.45, 7) is 1.36. The van der Waals surface area contributed by atoms with E-state index in [4.69, 9.17) is 4.42 Å². The number of aliphatic hydroxyl groups is 3. The molecule has 2 amide bonds. The molecule has 8 nitrogen and oxygen atoms in total. The molecule has 3 heterocycles. The highest BCUT2D eigenvalue weighted by molar-refractivity contribution is 6.05. The Balaban J connectivity index is 1.58. The van der Waals surface area contributed by atoms with Crippen molar-refractivity contribution >= 4 is 23.5 Å². The highest BCUT2D eigenvalue weighted by Gasteiger charge is 2.53. The summed E-state index contributed by atoms with van der Waals surface area (Å²) in [7, 11) is 1.48. The summed E-state index contributed by atoms with van der Waals surface area (Å²) >= 11 is 0. The van der Waals surface area contributed by atoms with Gasteiger partial charge in [0.1, 0.15) is 18.1 Å². The molecule has 4 rings (SSSR count). The molecule has 34 heavy (non-hydrogen) atoms. The van der Waals surface area contributed by atoms with Crippen LogP contribution < -0.4 is 0 Å². The number of fused-ring (bicyclic) bond motifs is 1. The third-order valence-corrected chi connectivity index (χ3v) is 6.94. The van der Waals surface area contributed by atoms with Gasteiger partial charge in [0, 0.05) is 19.2 Å². The van der Waals surface area contributed by atoms with Crippen molar-refractivity contribution in [3.05, 3.63) is 64.9 Å². The smallest absolute Gasteiger partial charge is 0.233 e. The molecule has 0 radical (unpaired) electrons. The van der Waals surface area contributed by atoms with Crippen LogP contribution in [0.5, 0.6) is 0 Å². The molecule has 2 aliphatic rings. The Bertz CT molecular complexity index is 1120. The predicted octanol–water partition coefficient (Wildman–Crippen LogP) is 2.41. The lowest BCUT2D eigenvalue weighted by molar-refractivity contribution is -0.138. The van der Waals surface area contributed by atoms with Crippen LogP contribution in [0, 0.1) is 17.8 Å². The first-order chi connectivity index (χ1) is 16.3. The van der Waals surface area contributed by atoms with Crippen LogP contribution in [-0.4, -0.2) is 56.8 Å². The summed E-state index contributed by atoms with van der Waals surface area (Å²) in [6, 6.07) is 9.04. The molecule has 4 atom stereocenters. The van der Waals surface area contributed by atoms with Crippen molar-refractivity contribution in [2.75, 3.05) is 13.7 Å². The fourth-order valence-corrected chi connectivity index (χ4v) is 5.28. The van der Waals surface area contributed by atoms with Crippen molar-refractivity contribution in [1.82, 2.24) is 9.88 Å². The lowest BCUT2D eigenvalue weighted by atomic mass is 9.68. The number of imide groups is 1. The van der Waals surface area contributed by atoms with Crippen molar-refractivity contribution in [2.24, 2.45) is 17.8 Å². The number of amides is 2. The molecule has 0 unspecified atom stereocenters. The van der Waals surface area contributed by atoms with E-state index in [9.17, 15) is 24.9 Å². The number of furan rings is 1. The van der Waals surface area contributed by atoms with Crippen LogP contribution in [0.15, 0.2) is 52.1 Å². The fourth-order valence-electron chi connectivity index (χ4n) is 5.28. The number of carbonyl (C=O) groups is 2. The maximum atomic E-state index is 12.7. The number of hydrogen-bond donors (Lipinski definition) is 3. The van der Waals surface area contributed by atoms with E-state index in [-0.39, 0.29) is 25.0 Å². The molecule has 0 bridgehead atoms. The molecular weight excluding hydrogens is 436 g/mol. The van der Waals surface area contributed by atoms with Gasteiger partial charge in [0.2, 0.25) is 11.8 Å². The third kappa shape index (κ3) is 4.49. The average molecular weight is 467 g/mol. The van der Waals surface area contributed by atoms with E-state index in [1.807, 2.05) is 31.2 Å². The number of aliphatic hydroxyl groups excluding tert-OH is 3. The van der Waals surface area contributed by atoms with Crippen LogP contribution >= 0.6 is 0 Å². The van der Waals surface area contributed by atoms with Gasteiger partial charge in [-0.3, -0.25) is 19.5 Å². The molecule has 0 aromatic carbocycles. The minimum atomic E-state index is -0.886. The van der Waals surface area contributed by atoms with E-state index in [1.165, 1.54) is 7.05 Å². The van der Waals surface area contributed by atoms with Gasteiger partial charge in [-0.05, 0) is 67.7 Å². The van der Waals surface area contributed by atoms with Crippen LogP contribution in [0.4, 0.5) is 0 Å². The number of nitrogens with zero attached hydrogens (tertiary/aromatic N) is 2. The fraction of sp³-hybridized carbons (Fsp3) is 0.423. The van der Waals surface area contributed by atoms with E-state index in [0.717, 1.165) is 21.7 Å². The largest absolute Gasteiger partial charge is 0.459 e. The zero-order valence-corrected chi connectivity index (χ0v) is 19.3. The zero-order chi connectivity index (χ0) is 24.4. The molecule has 0 saturated carbocycles. The molecule has 2 aromatic rings. The second kappa shape index (κ2) is 10.0. The first-order valence-electron chi connectivity index (χ1n) is 11.5. The quantitative estimate of drug-likeness (QED) is 0.403. The van der Waals surface area contributed by atoms with Gasteiger partial charge in [-0.15, -0.1) is 0 Å². The molecule has 2 aromatic heterocycles. The Labute approximate surface area is 198 Å². The van der Waals surface area contributed by atoms with Gasteiger partial charge >= 0.3 is 0 Å². The van der Waals surface area contributed by atoms with Crippen molar-refractivity contribution in [3.63, 3.8) is 0 Å². The first-order valence-corrected chi connectivity index (χ1v) is 11.5. The highest BCUT2D eigenvalue weighted by Crippen LogP contribution is 2.45. The molecular formula is C26H30N2O6. The number of likely N-dealkylation sites (tertiary alicyclic amines) is 1. The Morgan fingerprint density at radius 2 is 2.03 bits per heavy atom. The van der Waals surface area contributed by atoms with E-state index >= 15 is 0 Å². The number of hydrogen-bond acceptors (Lipinski definition) is 7. The third-order valence-electron chi connectivity index (χ3n) is 6.94. The molecule has 1 fully saturated rings. The van der Waals surface area contributed by atoms with Crippen molar-refractivity contribution < 1.29 is 29.3 Å². The maximum absolute atomic E-state index is 12.7. The predicted molar refractivity (Wildman–Crippen MR) is 125 cm³/mol. The molecule has 8 heteroatoms. The van der Waals surface area contributed by atoms with E-state index < -0.39 is 23.9 Å². The minimum Gasteiger partial charge on any atom is -0.459 e. The van der Waals surface area contributed by atoms with E-state index in [0.29, 0.717) is 36.4 Å². The number of rotatable bonds is 8. The first kappa shape index (κ1) is 24.1. The van der Waals surface area contributed by atoms with Crippen LogP contribution in [0.1, 0.15) is 43.4 Å². The minimum absolute atomic E-state index is 0.194. The van der Waals surface area contributed by atoms with Gasteiger partial charge in [0.05, 0.1) is 30.2 Å². The molecule has 1 saturated heterocycles. The Morgan fingerprint density at radius 1 is 1.24 bits per heavy atom. The van der Waals surface area contributed by atoms with Crippen LogP contribution in [0.2, 0.25) is 0 Å². The zero-order valence-electron chi connectivity index (χ0n) is 19.3. The summed E-state index contributed by atoms with van der Waals surface area (Å²) < 4.78 is 5.61. The average Bonchev–Trinajstić information content (AvgIpc) is 3.39. The number of aromatic nitrogens is 1. The number of allylic oxidation sites excluding steroid dienone is 2. The standard InChI is InChI=1S/C26H30N2O6/c1-15-11-19-24(26(33)28(2)25(19)32)20(14-30)23(15)22(31)9-6-16(21-5-3-4-10-27-21)12-17-7-8-18(13-29)34-17/h3-5,7-8,10,12,19-20,22,24,29-31H,6,9,11,13-14H2,1-2H3/b16-12-/t19-,20+,22-,24-/m1/s1. The topological polar surface area (TPSA) is 124 Å². The molecule has 1 aliphatic heterocycles. The second-order valence-electron chi connectivity index (χ2n) is 9.00. The second-order valence-corrected chi connectivity index (χ2v) is 9.00. The Morgan fingerprint density at radius 3 is 2.68 bits per heavy atom. The molecule has 180 valence electrons. The number of carbonyl (C=O) groups excluding carboxylic acids is 2.